The van der Waals surface area contributed by atoms with Crippen molar-refractivity contribution in [2.75, 3.05) is 0 Å². The van der Waals surface area contributed by atoms with Gasteiger partial charge in [-0.05, 0) is 62.1 Å². The number of carbonyl (C=O) groups excluding carboxylic acids is 1. The van der Waals surface area contributed by atoms with Gasteiger partial charge in [-0.2, -0.15) is 0 Å². The Morgan fingerprint density at radius 1 is 1.15 bits per heavy atom. The zero-order valence-corrected chi connectivity index (χ0v) is 17.2. The van der Waals surface area contributed by atoms with Crippen LogP contribution in [-0.2, 0) is 9.53 Å². The molecule has 3 heteroatoms. The van der Waals surface area contributed by atoms with Gasteiger partial charge in [0.05, 0.1) is 29.6 Å². The van der Waals surface area contributed by atoms with E-state index in [4.69, 9.17) is 4.74 Å². The lowest BCUT2D eigenvalue weighted by Gasteiger charge is -2.27. The van der Waals surface area contributed by atoms with E-state index in [1.165, 1.54) is 18.4 Å². The van der Waals surface area contributed by atoms with Crippen molar-refractivity contribution in [2.45, 2.75) is 72.5 Å². The second-order valence-electron chi connectivity index (χ2n) is 9.41. The number of aliphatic hydroxyl groups is 1. The first-order chi connectivity index (χ1) is 12.8. The number of carbonyl (C=O) groups is 1. The Labute approximate surface area is 162 Å². The fraction of sp³-hybridized carbons (Fsp3) is 0.625. The molecule has 3 nitrogen and oxygen atoms in total. The second-order valence-corrected chi connectivity index (χ2v) is 9.41. The number of hydrogen-bond donors (Lipinski definition) is 1. The van der Waals surface area contributed by atoms with Gasteiger partial charge >= 0.3 is 0 Å². The van der Waals surface area contributed by atoms with Crippen LogP contribution in [0.4, 0.5) is 0 Å². The maximum atomic E-state index is 13.3. The monoisotopic (exact) mass is 368 g/mol. The predicted molar refractivity (Wildman–Crippen MR) is 108 cm³/mol. The lowest BCUT2D eigenvalue weighted by molar-refractivity contribution is -0.118. The summed E-state index contributed by atoms with van der Waals surface area (Å²) in [6.07, 6.45) is 4.55. The van der Waals surface area contributed by atoms with Crippen molar-refractivity contribution in [1.82, 2.24) is 0 Å². The third-order valence-corrected chi connectivity index (χ3v) is 6.88. The number of hydrogen-bond acceptors (Lipinski definition) is 3. The Kier molecular flexibility index (Phi) is 4.70. The molecule has 2 aliphatic heterocycles. The van der Waals surface area contributed by atoms with Crippen LogP contribution in [0, 0.1) is 44.4 Å². The predicted octanol–water partition coefficient (Wildman–Crippen LogP) is 5.31. The number of aryl methyl sites for hydroxylation is 3. The van der Waals surface area contributed by atoms with Crippen molar-refractivity contribution in [2.24, 2.45) is 23.7 Å². The van der Waals surface area contributed by atoms with Gasteiger partial charge in [0.2, 0.25) is 0 Å². The van der Waals surface area contributed by atoms with Crippen LogP contribution in [0.25, 0.3) is 5.57 Å². The van der Waals surface area contributed by atoms with E-state index < -0.39 is 0 Å². The van der Waals surface area contributed by atoms with Gasteiger partial charge < -0.3 is 9.84 Å². The normalized spacial score (nSPS) is 32.1. The minimum atomic E-state index is -0.175. The van der Waals surface area contributed by atoms with Crippen molar-refractivity contribution in [1.29, 1.82) is 0 Å². The van der Waals surface area contributed by atoms with Gasteiger partial charge in [0.15, 0.2) is 5.78 Å². The van der Waals surface area contributed by atoms with Crippen LogP contribution in [0.2, 0.25) is 0 Å². The zero-order valence-electron chi connectivity index (χ0n) is 17.2. The first kappa shape index (κ1) is 18.7. The van der Waals surface area contributed by atoms with E-state index in [9.17, 15) is 9.90 Å². The van der Waals surface area contributed by atoms with E-state index in [1.807, 2.05) is 13.8 Å². The van der Waals surface area contributed by atoms with Crippen LogP contribution in [0.1, 0.15) is 61.8 Å². The molecule has 5 atom stereocenters. The minimum absolute atomic E-state index is 0.0118. The second kappa shape index (κ2) is 6.77. The average Bonchev–Trinajstić information content (AvgIpc) is 3.20. The standard InChI is InChI=1S/C24H32O3/c1-12(2)7-6-8-16-11-17-19-21(24(16)27-17)23(26)20(22(19)25)18-14(4)9-13(3)10-15(18)5/h9-10,12,16-17,19,21,24,26H,6-8,11H2,1-5H3/t16?,17?,19-,21+,24?/m0/s1. The highest BCUT2D eigenvalue weighted by Gasteiger charge is 2.62. The van der Waals surface area contributed by atoms with E-state index in [1.54, 1.807) is 0 Å². The van der Waals surface area contributed by atoms with E-state index in [0.717, 1.165) is 35.4 Å². The number of allylic oxidation sites excluding steroid dienone is 1. The van der Waals surface area contributed by atoms with Gasteiger partial charge in [0.1, 0.15) is 5.76 Å². The van der Waals surface area contributed by atoms with E-state index in [-0.39, 0.29) is 29.8 Å². The lowest BCUT2D eigenvalue weighted by atomic mass is 9.73. The topological polar surface area (TPSA) is 46.5 Å². The Bertz CT molecular complexity index is 781. The summed E-state index contributed by atoms with van der Waals surface area (Å²) >= 11 is 0. The minimum Gasteiger partial charge on any atom is -0.511 e. The molecule has 0 aromatic heterocycles. The van der Waals surface area contributed by atoms with Crippen LogP contribution in [0.3, 0.4) is 0 Å². The summed E-state index contributed by atoms with van der Waals surface area (Å²) in [7, 11) is 0. The van der Waals surface area contributed by atoms with Gasteiger partial charge in [-0.25, -0.2) is 0 Å². The van der Waals surface area contributed by atoms with E-state index in [2.05, 4.69) is 32.9 Å². The Morgan fingerprint density at radius 2 is 1.81 bits per heavy atom. The summed E-state index contributed by atoms with van der Waals surface area (Å²) < 4.78 is 6.20. The van der Waals surface area contributed by atoms with Crippen LogP contribution >= 0.6 is 0 Å². The summed E-state index contributed by atoms with van der Waals surface area (Å²) in [5, 5.41) is 11.1. The molecule has 3 aliphatic rings. The zero-order chi connectivity index (χ0) is 19.5. The molecule has 4 rings (SSSR count). The maximum Gasteiger partial charge on any atom is 0.173 e. The third kappa shape index (κ3) is 2.95. The van der Waals surface area contributed by atoms with Crippen molar-refractivity contribution in [3.05, 3.63) is 40.1 Å². The molecule has 146 valence electrons. The third-order valence-electron chi connectivity index (χ3n) is 6.88. The summed E-state index contributed by atoms with van der Waals surface area (Å²) in [6.45, 7) is 10.7. The molecular weight excluding hydrogens is 336 g/mol. The lowest BCUT2D eigenvalue weighted by Crippen LogP contribution is -2.34. The number of ether oxygens (including phenoxy) is 1. The van der Waals surface area contributed by atoms with Gasteiger partial charge in [0.25, 0.3) is 0 Å². The van der Waals surface area contributed by atoms with Crippen molar-refractivity contribution < 1.29 is 14.6 Å². The largest absolute Gasteiger partial charge is 0.511 e. The quantitative estimate of drug-likeness (QED) is 0.766. The van der Waals surface area contributed by atoms with E-state index in [0.29, 0.717) is 17.3 Å². The molecule has 2 heterocycles. The highest BCUT2D eigenvalue weighted by molar-refractivity contribution is 6.26. The molecule has 2 fully saturated rings. The fourth-order valence-electron chi connectivity index (χ4n) is 5.86. The molecule has 0 spiro atoms. The summed E-state index contributed by atoms with van der Waals surface area (Å²) in [6, 6.07) is 4.20. The van der Waals surface area contributed by atoms with Gasteiger partial charge in [-0.15, -0.1) is 0 Å². The molecule has 0 amide bonds. The van der Waals surface area contributed by atoms with Crippen molar-refractivity contribution in [3.8, 4) is 0 Å². The highest BCUT2D eigenvalue weighted by Crippen LogP contribution is 2.56. The molecule has 0 radical (unpaired) electrons. The smallest absolute Gasteiger partial charge is 0.173 e. The first-order valence-electron chi connectivity index (χ1n) is 10.5. The SMILES string of the molecule is Cc1cc(C)c(C2=C(O)[C@@H]3C4OC(CC4CCCC(C)C)[C@@H]3C2=O)c(C)c1. The van der Waals surface area contributed by atoms with Crippen LogP contribution < -0.4 is 0 Å². The van der Waals surface area contributed by atoms with Crippen LogP contribution in [0.15, 0.2) is 17.9 Å². The Balaban J connectivity index is 1.63. The molecule has 2 saturated heterocycles. The van der Waals surface area contributed by atoms with Crippen molar-refractivity contribution >= 4 is 11.4 Å². The van der Waals surface area contributed by atoms with Gasteiger partial charge in [-0.3, -0.25) is 4.79 Å². The molecule has 1 aromatic carbocycles. The number of ketones is 1. The van der Waals surface area contributed by atoms with Crippen LogP contribution in [0.5, 0.6) is 0 Å². The maximum absolute atomic E-state index is 13.3. The summed E-state index contributed by atoms with van der Waals surface area (Å²) in [5.74, 6) is 1.28. The number of rotatable bonds is 5. The molecule has 1 N–H and O–H groups in total. The van der Waals surface area contributed by atoms with Crippen molar-refractivity contribution in [3.63, 3.8) is 0 Å². The Morgan fingerprint density at radius 3 is 2.44 bits per heavy atom. The molecule has 1 aliphatic carbocycles. The highest BCUT2D eigenvalue weighted by atomic mass is 16.5. The number of Topliss-reactive ketones (excluding diaryl/α,β-unsaturated/α-hetero) is 1. The number of aliphatic hydroxyl groups excluding tert-OH is 1. The van der Waals surface area contributed by atoms with Gasteiger partial charge in [-0.1, -0.05) is 44.4 Å². The summed E-state index contributed by atoms with van der Waals surface area (Å²) in [4.78, 5) is 13.3. The Hall–Kier alpha value is -1.61. The molecular formula is C24H32O3. The van der Waals surface area contributed by atoms with Crippen LogP contribution in [-0.4, -0.2) is 23.1 Å². The molecule has 1 aromatic rings. The summed E-state index contributed by atoms with van der Waals surface area (Å²) in [5.41, 5.74) is 4.84. The fourth-order valence-corrected chi connectivity index (χ4v) is 5.86. The van der Waals surface area contributed by atoms with Gasteiger partial charge in [0, 0.05) is 0 Å². The molecule has 27 heavy (non-hydrogen) atoms. The molecule has 3 unspecified atom stereocenters. The van der Waals surface area contributed by atoms with E-state index >= 15 is 0 Å². The average molecular weight is 369 g/mol. The number of fused-ring (bicyclic) bond motifs is 5. The molecule has 0 saturated carbocycles. The first-order valence-corrected chi connectivity index (χ1v) is 10.5. The number of benzene rings is 1. The molecule has 2 bridgehead atoms.